The highest BCUT2D eigenvalue weighted by Crippen LogP contribution is 2.44. The molecule has 35 heavy (non-hydrogen) atoms. The number of rotatable bonds is 9. The van der Waals surface area contributed by atoms with E-state index in [9.17, 15) is 32.7 Å². The molecule has 3 N–H and O–H groups in total. The molecule has 2 aromatic rings. The summed E-state index contributed by atoms with van der Waals surface area (Å²) in [5.74, 6) is -3.86. The Morgan fingerprint density at radius 2 is 1.57 bits per heavy atom. The third-order valence-electron chi connectivity index (χ3n) is 6.38. The minimum absolute atomic E-state index is 0.213. The highest BCUT2D eigenvalue weighted by Gasteiger charge is 2.47. The van der Waals surface area contributed by atoms with Crippen LogP contribution < -0.4 is 10.6 Å². The minimum Gasteiger partial charge on any atom is -0.481 e. The first kappa shape index (κ1) is 24.6. The molecular weight excluding hydrogens is 465 g/mol. The van der Waals surface area contributed by atoms with E-state index in [-0.39, 0.29) is 24.9 Å². The van der Waals surface area contributed by atoms with Gasteiger partial charge in [0.05, 0.1) is 5.92 Å². The number of carboxylic acids is 1. The number of carbonyl (C=O) groups is 3. The average molecular weight is 490 g/mol. The van der Waals surface area contributed by atoms with Gasteiger partial charge < -0.3 is 20.5 Å². The van der Waals surface area contributed by atoms with E-state index in [0.29, 0.717) is 0 Å². The molecule has 2 aliphatic rings. The van der Waals surface area contributed by atoms with E-state index in [2.05, 4.69) is 0 Å². The summed E-state index contributed by atoms with van der Waals surface area (Å²) in [5, 5.41) is 12.9. The zero-order valence-electron chi connectivity index (χ0n) is 18.7. The number of fused-ring (bicyclic) bond motifs is 3. The first-order valence-electron chi connectivity index (χ1n) is 11.3. The van der Waals surface area contributed by atoms with E-state index in [4.69, 9.17) is 4.74 Å². The summed E-state index contributed by atoms with van der Waals surface area (Å²) in [6.07, 6.45) is -4.47. The van der Waals surface area contributed by atoms with Gasteiger partial charge in [-0.3, -0.25) is 9.59 Å². The van der Waals surface area contributed by atoms with Gasteiger partial charge in [-0.15, -0.1) is 0 Å². The molecule has 2 atom stereocenters. The Kier molecular flexibility index (Phi) is 7.00. The Bertz CT molecular complexity index is 1070. The van der Waals surface area contributed by atoms with Gasteiger partial charge in [0, 0.05) is 12.5 Å². The predicted molar refractivity (Wildman–Crippen MR) is 120 cm³/mol. The molecule has 2 amide bonds. The minimum atomic E-state index is -5.09. The van der Waals surface area contributed by atoms with Crippen LogP contribution in [-0.4, -0.2) is 48.4 Å². The lowest BCUT2D eigenvalue weighted by Crippen LogP contribution is -2.55. The van der Waals surface area contributed by atoms with E-state index >= 15 is 0 Å². The number of amides is 2. The SMILES string of the molecule is O=C(NC(C(=O)NCC(CC1CC1)C(=O)O)C(F)(F)F)OCC1c2ccccc2-c2ccccc21. The molecule has 1 saturated carbocycles. The Balaban J connectivity index is 1.37. The molecule has 0 aliphatic heterocycles. The second-order valence-electron chi connectivity index (χ2n) is 8.90. The van der Waals surface area contributed by atoms with Crippen molar-refractivity contribution >= 4 is 18.0 Å². The van der Waals surface area contributed by atoms with Gasteiger partial charge in [0.15, 0.2) is 0 Å². The van der Waals surface area contributed by atoms with Gasteiger partial charge in [-0.2, -0.15) is 13.2 Å². The number of halogens is 3. The number of nitrogens with one attached hydrogen (secondary N) is 2. The number of hydrogen-bond donors (Lipinski definition) is 3. The fourth-order valence-corrected chi connectivity index (χ4v) is 4.41. The highest BCUT2D eigenvalue weighted by molar-refractivity contribution is 5.87. The van der Waals surface area contributed by atoms with Crippen LogP contribution in [0.15, 0.2) is 48.5 Å². The van der Waals surface area contributed by atoms with Gasteiger partial charge in [-0.05, 0) is 34.6 Å². The van der Waals surface area contributed by atoms with Crippen LogP contribution in [0, 0.1) is 11.8 Å². The summed E-state index contributed by atoms with van der Waals surface area (Å²) >= 11 is 0. The summed E-state index contributed by atoms with van der Waals surface area (Å²) in [7, 11) is 0. The zero-order valence-corrected chi connectivity index (χ0v) is 18.7. The maximum Gasteiger partial charge on any atom is 0.417 e. The van der Waals surface area contributed by atoms with E-state index in [1.165, 1.54) is 0 Å². The first-order valence-corrected chi connectivity index (χ1v) is 11.3. The van der Waals surface area contributed by atoms with Crippen LogP contribution in [0.5, 0.6) is 0 Å². The number of hydrogen-bond acceptors (Lipinski definition) is 4. The normalized spacial score (nSPS) is 16.5. The van der Waals surface area contributed by atoms with Gasteiger partial charge in [0.1, 0.15) is 6.61 Å². The lowest BCUT2D eigenvalue weighted by atomic mass is 9.98. The number of benzene rings is 2. The van der Waals surface area contributed by atoms with Crippen LogP contribution in [0.3, 0.4) is 0 Å². The zero-order chi connectivity index (χ0) is 25.2. The maximum absolute atomic E-state index is 13.5. The molecule has 0 bridgehead atoms. The fourth-order valence-electron chi connectivity index (χ4n) is 4.41. The number of ether oxygens (including phenoxy) is 1. The smallest absolute Gasteiger partial charge is 0.417 e. The predicted octanol–water partition coefficient (Wildman–Crippen LogP) is 4.07. The van der Waals surface area contributed by atoms with Gasteiger partial charge in [0.25, 0.3) is 5.91 Å². The quantitative estimate of drug-likeness (QED) is 0.492. The number of alkyl carbamates (subject to hydrolysis) is 1. The summed E-state index contributed by atoms with van der Waals surface area (Å²) in [6.45, 7) is -0.669. The van der Waals surface area contributed by atoms with Crippen molar-refractivity contribution in [3.8, 4) is 11.1 Å². The number of carboxylic acid groups (broad SMARTS) is 1. The van der Waals surface area contributed by atoms with E-state index in [1.54, 1.807) is 5.32 Å². The molecule has 0 heterocycles. The second-order valence-corrected chi connectivity index (χ2v) is 8.90. The van der Waals surface area contributed by atoms with Crippen molar-refractivity contribution in [1.29, 1.82) is 0 Å². The van der Waals surface area contributed by atoms with Gasteiger partial charge in [-0.25, -0.2) is 4.79 Å². The molecule has 2 aromatic carbocycles. The van der Waals surface area contributed by atoms with Crippen molar-refractivity contribution in [3.05, 3.63) is 59.7 Å². The van der Waals surface area contributed by atoms with Crippen molar-refractivity contribution in [2.45, 2.75) is 37.4 Å². The second kappa shape index (κ2) is 9.97. The fraction of sp³-hybridized carbons (Fsp3) is 0.400. The third kappa shape index (κ3) is 5.75. The lowest BCUT2D eigenvalue weighted by Gasteiger charge is -2.22. The molecule has 2 aliphatic carbocycles. The molecule has 0 radical (unpaired) electrons. The molecule has 2 unspecified atom stereocenters. The van der Waals surface area contributed by atoms with Crippen LogP contribution in [0.1, 0.15) is 36.3 Å². The number of carbonyl (C=O) groups excluding carboxylic acids is 2. The van der Waals surface area contributed by atoms with E-state index < -0.39 is 42.7 Å². The van der Waals surface area contributed by atoms with Crippen molar-refractivity contribution in [1.82, 2.24) is 10.6 Å². The standard InChI is InChI=1S/C25H25F3N2O5/c26-25(27,28)21(22(31)29-12-15(23(32)33)11-14-9-10-14)30-24(34)35-13-20-18-7-3-1-5-16(18)17-6-2-4-8-19(17)20/h1-8,14-15,20-21H,9-13H2,(H,29,31)(H,30,34)(H,32,33). The number of aliphatic carboxylic acids is 1. The molecule has 7 nitrogen and oxygen atoms in total. The Morgan fingerprint density at radius 3 is 2.09 bits per heavy atom. The van der Waals surface area contributed by atoms with Crippen molar-refractivity contribution in [3.63, 3.8) is 0 Å². The average Bonchev–Trinajstić information content (AvgIpc) is 3.58. The van der Waals surface area contributed by atoms with Gasteiger partial charge >= 0.3 is 18.2 Å². The van der Waals surface area contributed by atoms with Crippen LogP contribution in [0.2, 0.25) is 0 Å². The summed E-state index contributed by atoms with van der Waals surface area (Å²) in [5.41, 5.74) is 3.71. The van der Waals surface area contributed by atoms with Crippen LogP contribution in [0.25, 0.3) is 11.1 Å². The van der Waals surface area contributed by atoms with Crippen molar-refractivity contribution in [2.75, 3.05) is 13.2 Å². The summed E-state index contributed by atoms with van der Waals surface area (Å²) < 4.78 is 45.7. The largest absolute Gasteiger partial charge is 0.481 e. The molecular formula is C25H25F3N2O5. The molecule has 0 aromatic heterocycles. The van der Waals surface area contributed by atoms with Crippen molar-refractivity contribution in [2.24, 2.45) is 11.8 Å². The molecule has 1 fully saturated rings. The van der Waals surface area contributed by atoms with E-state index in [0.717, 1.165) is 35.1 Å². The summed E-state index contributed by atoms with van der Waals surface area (Å²) in [4.78, 5) is 35.9. The molecule has 4 rings (SSSR count). The molecule has 186 valence electrons. The third-order valence-corrected chi connectivity index (χ3v) is 6.38. The van der Waals surface area contributed by atoms with E-state index in [1.807, 2.05) is 53.8 Å². The van der Waals surface area contributed by atoms with Crippen LogP contribution in [-0.2, 0) is 14.3 Å². The topological polar surface area (TPSA) is 105 Å². The first-order chi connectivity index (χ1) is 16.6. The molecule has 10 heteroatoms. The monoisotopic (exact) mass is 490 g/mol. The van der Waals surface area contributed by atoms with Crippen LogP contribution >= 0.6 is 0 Å². The van der Waals surface area contributed by atoms with Gasteiger partial charge in [0.2, 0.25) is 6.04 Å². The Labute approximate surface area is 199 Å². The van der Waals surface area contributed by atoms with Gasteiger partial charge in [-0.1, -0.05) is 61.4 Å². The molecule has 0 spiro atoms. The molecule has 0 saturated heterocycles. The van der Waals surface area contributed by atoms with Crippen molar-refractivity contribution < 1.29 is 37.4 Å². The maximum atomic E-state index is 13.5. The number of alkyl halides is 3. The highest BCUT2D eigenvalue weighted by atomic mass is 19.4. The van der Waals surface area contributed by atoms with Crippen LogP contribution in [0.4, 0.5) is 18.0 Å². The Hall–Kier alpha value is -3.56. The lowest BCUT2D eigenvalue weighted by molar-refractivity contribution is -0.167. The summed E-state index contributed by atoms with van der Waals surface area (Å²) in [6, 6.07) is 12.1. The Morgan fingerprint density at radius 1 is 1.00 bits per heavy atom.